The number of hydrogen-bond acceptors (Lipinski definition) is 0. The van der Waals surface area contributed by atoms with Crippen LogP contribution in [0.3, 0.4) is 0 Å². The third kappa shape index (κ3) is 286. The van der Waals surface area contributed by atoms with Crippen LogP contribution >= 0.6 is 0 Å². The third-order valence-corrected chi connectivity index (χ3v) is 0. The van der Waals surface area contributed by atoms with Gasteiger partial charge in [-0.25, -0.2) is 0 Å². The summed E-state index contributed by atoms with van der Waals surface area (Å²) >= 11 is 0. The van der Waals surface area contributed by atoms with Crippen molar-refractivity contribution in [3.8, 4) is 0 Å². The summed E-state index contributed by atoms with van der Waals surface area (Å²) in [7, 11) is 0. The Bertz CT molecular complexity index is 6.42. The van der Waals surface area contributed by atoms with Gasteiger partial charge in [-0.3, -0.25) is 0 Å². The van der Waals surface area contributed by atoms with Crippen molar-refractivity contribution in [1.29, 1.82) is 0 Å². The first-order valence-electron chi connectivity index (χ1n) is 0. The van der Waals surface area contributed by atoms with Gasteiger partial charge in [0.25, 0.3) is 0 Å². The van der Waals surface area contributed by atoms with Crippen molar-refractivity contribution in [3.63, 3.8) is 0 Å². The van der Waals surface area contributed by atoms with Gasteiger partial charge in [0.05, 0.1) is 0 Å². The molecule has 0 heterocycles. The first kappa shape index (κ1) is 321. The summed E-state index contributed by atoms with van der Waals surface area (Å²) in [6, 6.07) is 0. The Labute approximate surface area is 641 Å². The van der Waals surface area contributed by atoms with Gasteiger partial charge < -0.3 is 7.43 Å². The molecule has 0 fully saturated rings. The Hall–Kier alpha value is 21.3. The summed E-state index contributed by atoms with van der Waals surface area (Å²) in [6.45, 7) is 0. The van der Waals surface area contributed by atoms with Crippen LogP contribution < -0.4 is 0 Å². The van der Waals surface area contributed by atoms with Crippen molar-refractivity contribution >= 4 is 0 Å². The van der Waals surface area contributed by atoms with Crippen molar-refractivity contribution in [2.75, 3.05) is 0 Å². The second-order valence-electron chi connectivity index (χ2n) is 0. The molecule has 0 aliphatic heterocycles. The van der Waals surface area contributed by atoms with Gasteiger partial charge in [-0.2, -0.15) is 0 Å². The summed E-state index contributed by atoms with van der Waals surface area (Å²) in [5, 5.41) is 0. The Balaban J connectivity index is 0. The average molecular weight is 5710 g/mol. The molecule has 194 valence electrons. The van der Waals surface area contributed by atoms with Crippen molar-refractivity contribution in [1.82, 2.24) is 0 Å². The first-order valence-corrected chi connectivity index (χ1v) is 0. The van der Waals surface area contributed by atoms with E-state index in [9.17, 15) is 0 Å². The van der Waals surface area contributed by atoms with E-state index in [0.29, 0.717) is 0 Å². The van der Waals surface area contributed by atoms with E-state index in [2.05, 4.69) is 0 Å². The second kappa shape index (κ2) is 303. The summed E-state index contributed by atoms with van der Waals surface area (Å²) in [4.78, 5) is 0. The van der Waals surface area contributed by atoms with Crippen LogP contribution in [-0.2, 0) is 653 Å². The van der Waals surface area contributed by atoms with Gasteiger partial charge in [-0.1, -0.05) is 0 Å². The molecule has 0 bridgehead atoms. The minimum absolute atomic E-state index is 0. The van der Waals surface area contributed by atoms with Crippen molar-refractivity contribution in [3.05, 3.63) is 7.43 Å². The molecule has 0 spiro atoms. The van der Waals surface area contributed by atoms with Crippen LogP contribution in [0, 0.1) is 7.43 Å². The van der Waals surface area contributed by atoms with Gasteiger partial charge in [0.15, 0.2) is 0 Å². The third-order valence-electron chi connectivity index (χ3n) is 0. The molecule has 0 saturated heterocycles. The first-order chi connectivity index (χ1) is 0. The molecule has 0 rings (SSSR count). The largest absolute Gasteiger partial charge is 0.358 e. The van der Waals surface area contributed by atoms with Gasteiger partial charge in [0.1, 0.15) is 0 Å². The van der Waals surface area contributed by atoms with Gasteiger partial charge in [-0.15, -0.1) is 0 Å². The second-order valence-corrected chi connectivity index (χ2v) is 0. The van der Waals surface area contributed by atoms with Gasteiger partial charge >= 0.3 is 0 Å². The number of rotatable bonds is 0. The Morgan fingerprint density at radius 3 is 0.0625 bits per heavy atom. The van der Waals surface area contributed by atoms with E-state index in [-0.39, 0.29) is 660 Å². The van der Waals surface area contributed by atoms with Crippen molar-refractivity contribution in [2.24, 2.45) is 0 Å². The van der Waals surface area contributed by atoms with Crippen LogP contribution in [0.5, 0.6) is 0 Å². The molecule has 0 aliphatic carbocycles. The molecular weight excluding hydrogens is 5710 g/mol. The zero-order valence-corrected chi connectivity index (χ0v) is 105. The van der Waals surface area contributed by atoms with Crippen LogP contribution in [0.2, 0.25) is 0 Å². The van der Waals surface area contributed by atoms with E-state index in [0.717, 1.165) is 0 Å². The average Bonchev–Trinajstić information content (AvgIpc) is 0. The van der Waals surface area contributed by atoms with E-state index in [1.54, 1.807) is 0 Å². The fourth-order valence-electron chi connectivity index (χ4n) is 0. The summed E-state index contributed by atoms with van der Waals surface area (Å²) in [5.74, 6) is 0. The molecule has 32 heavy (non-hydrogen) atoms. The zero-order chi connectivity index (χ0) is 0. The maximum Gasteiger partial charge on any atom is 0 e. The molecule has 0 amide bonds. The van der Waals surface area contributed by atoms with Crippen LogP contribution in [-0.4, -0.2) is 0 Å². The molecule has 0 N–H and O–H groups in total. The summed E-state index contributed by atoms with van der Waals surface area (Å²) in [5.41, 5.74) is 0. The quantitative estimate of drug-likeness (QED) is 0.309. The van der Waals surface area contributed by atoms with Crippen LogP contribution in [0.1, 0.15) is 0 Å². The number of hydrogen-bond donors (Lipinski definition) is 0. The van der Waals surface area contributed by atoms with E-state index in [1.165, 1.54) is 0 Å². The molecule has 0 aromatic heterocycles. The van der Waals surface area contributed by atoms with Gasteiger partial charge in [0, 0.05) is 653 Å². The Kier molecular flexibility index (Phi) is 3040. The van der Waals surface area contributed by atoms with Gasteiger partial charge in [0.2, 0.25) is 0 Å². The molecule has 0 aromatic carbocycles. The summed E-state index contributed by atoms with van der Waals surface area (Å²) in [6.07, 6.45) is 0. The standard InChI is InChI=1S/CH3.31W/h1H3;;;;;;;;;;;;;;;;;;;;;;;;;;;;;;;/q-1;;;;;;;;;;;;;;;;;;;;;;;;;;;;;;;. The van der Waals surface area contributed by atoms with Crippen LogP contribution in [0.25, 0.3) is 0 Å². The fraction of sp³-hybridized carbons (Fsp3) is 0. The van der Waals surface area contributed by atoms with Crippen molar-refractivity contribution < 1.29 is 653 Å². The zero-order valence-electron chi connectivity index (χ0n) is 13.7. The monoisotopic (exact) mass is 5720 g/mol. The molecule has 0 nitrogen and oxygen atoms in total. The summed E-state index contributed by atoms with van der Waals surface area (Å²) < 4.78 is 0. The predicted octanol–water partition coefficient (Wildman–Crippen LogP) is 0.373. The molecular formula is CH3W31-. The van der Waals surface area contributed by atoms with E-state index in [1.807, 2.05) is 0 Å². The normalized spacial score (nSPS) is 0. The Morgan fingerprint density at radius 2 is 0.0625 bits per heavy atom. The van der Waals surface area contributed by atoms with E-state index >= 15 is 0 Å². The molecule has 0 unspecified atom stereocenters. The Morgan fingerprint density at radius 1 is 0.0625 bits per heavy atom. The molecule has 0 radical (unpaired) electrons. The van der Waals surface area contributed by atoms with E-state index < -0.39 is 0 Å². The maximum atomic E-state index is 0. The minimum Gasteiger partial charge on any atom is -0.358 e. The fourth-order valence-corrected chi connectivity index (χ4v) is 0. The van der Waals surface area contributed by atoms with Crippen molar-refractivity contribution in [2.45, 2.75) is 0 Å². The SMILES string of the molecule is [CH3-].[W].[W].[W].[W].[W].[W].[W].[W].[W].[W].[W].[W].[W].[W].[W].[W].[W].[W].[W].[W].[W].[W].[W].[W].[W].[W].[W].[W].[W].[W].[W]. The molecule has 0 saturated carbocycles. The topological polar surface area (TPSA) is 0 Å². The minimum atomic E-state index is 0. The van der Waals surface area contributed by atoms with Gasteiger partial charge in [-0.05, 0) is 0 Å². The predicted molar refractivity (Wildman–Crippen MR) is 6.41 cm³/mol. The van der Waals surface area contributed by atoms with Crippen LogP contribution in [0.15, 0.2) is 0 Å². The van der Waals surface area contributed by atoms with E-state index in [4.69, 9.17) is 0 Å². The smallest absolute Gasteiger partial charge is 0 e. The molecule has 0 aliphatic rings. The molecule has 31 heteroatoms. The maximum absolute atomic E-state index is 0. The molecule has 0 atom stereocenters. The van der Waals surface area contributed by atoms with Crippen LogP contribution in [0.4, 0.5) is 0 Å². The molecule has 0 aromatic rings.